The lowest BCUT2D eigenvalue weighted by Gasteiger charge is -2.36. The van der Waals surface area contributed by atoms with Gasteiger partial charge in [-0.1, -0.05) is 27.2 Å². The normalized spacial score (nSPS) is 19.6. The number of fused-ring (bicyclic) bond motifs is 1. The van der Waals surface area contributed by atoms with E-state index in [2.05, 4.69) is 24.1 Å². The number of unbranched alkanes of at least 4 members (excludes halogenated alkanes) is 1. The van der Waals surface area contributed by atoms with Crippen LogP contribution in [-0.2, 0) is 4.79 Å². The van der Waals surface area contributed by atoms with Crippen LogP contribution in [0.3, 0.4) is 0 Å². The second-order valence-electron chi connectivity index (χ2n) is 8.07. The molecule has 1 aromatic heterocycles. The number of benzene rings is 1. The van der Waals surface area contributed by atoms with Gasteiger partial charge in [0, 0.05) is 30.6 Å². The van der Waals surface area contributed by atoms with Crippen LogP contribution >= 0.6 is 0 Å². The Hall–Kier alpha value is -2.63. The monoisotopic (exact) mass is 383 g/mol. The Morgan fingerprint density at radius 3 is 2.57 bits per heavy atom. The summed E-state index contributed by atoms with van der Waals surface area (Å²) in [7, 11) is 0. The quantitative estimate of drug-likeness (QED) is 0.765. The van der Waals surface area contributed by atoms with Crippen LogP contribution in [0.15, 0.2) is 24.3 Å². The Morgan fingerprint density at radius 1 is 1.21 bits per heavy atom. The molecule has 2 N–H and O–H groups in total. The first-order valence-corrected chi connectivity index (χ1v) is 10.1. The van der Waals surface area contributed by atoms with Crippen LogP contribution in [0.1, 0.15) is 56.8 Å². The van der Waals surface area contributed by atoms with Gasteiger partial charge in [-0.15, -0.1) is 0 Å². The van der Waals surface area contributed by atoms with Gasteiger partial charge in [0.1, 0.15) is 5.82 Å². The third kappa shape index (κ3) is 4.61. The molecule has 1 amide bonds. The minimum Gasteiger partial charge on any atom is -0.478 e. The Kier molecular flexibility index (Phi) is 6.17. The highest BCUT2D eigenvalue weighted by atomic mass is 16.4. The van der Waals surface area contributed by atoms with Crippen LogP contribution in [0, 0.1) is 11.8 Å². The van der Waals surface area contributed by atoms with E-state index >= 15 is 0 Å². The molecule has 3 rings (SSSR count). The summed E-state index contributed by atoms with van der Waals surface area (Å²) >= 11 is 0. The minimum absolute atomic E-state index is 0.0565. The van der Waals surface area contributed by atoms with Crippen molar-refractivity contribution in [1.82, 2.24) is 4.98 Å². The van der Waals surface area contributed by atoms with Crippen LogP contribution in [0.5, 0.6) is 0 Å². The molecule has 1 fully saturated rings. The fourth-order valence-corrected chi connectivity index (χ4v) is 4.04. The van der Waals surface area contributed by atoms with Crippen LogP contribution < -0.4 is 10.2 Å². The van der Waals surface area contributed by atoms with E-state index in [1.165, 1.54) is 6.42 Å². The molecule has 28 heavy (non-hydrogen) atoms. The molecular formula is C22H29N3O3. The molecule has 0 radical (unpaired) electrons. The standard InChI is InChI=1S/C22H29N3O3/c1-4-5-6-21(26)23-16-7-8-19-17(10-16)18(22(27)28)11-20(24-19)25-12-14(2)9-15(3)13-25/h7-8,10-11,14-15H,4-6,9,12-13H2,1-3H3,(H,23,26)(H,27,28). The zero-order valence-corrected chi connectivity index (χ0v) is 16.9. The van der Waals surface area contributed by atoms with Crippen molar-refractivity contribution in [3.05, 3.63) is 29.8 Å². The number of aromatic carboxylic acids is 1. The van der Waals surface area contributed by atoms with Gasteiger partial charge in [0.15, 0.2) is 0 Å². The van der Waals surface area contributed by atoms with Gasteiger partial charge in [0.2, 0.25) is 5.91 Å². The third-order valence-corrected chi connectivity index (χ3v) is 5.26. The van der Waals surface area contributed by atoms with Crippen molar-refractivity contribution in [1.29, 1.82) is 0 Å². The number of hydrogen-bond donors (Lipinski definition) is 2. The predicted molar refractivity (Wildman–Crippen MR) is 112 cm³/mol. The van der Waals surface area contributed by atoms with E-state index in [0.29, 0.717) is 40.7 Å². The van der Waals surface area contributed by atoms with Crippen LogP contribution in [-0.4, -0.2) is 35.1 Å². The number of nitrogens with zero attached hydrogens (tertiary/aromatic N) is 2. The number of carbonyl (C=O) groups excluding carboxylic acids is 1. The molecule has 2 atom stereocenters. The number of rotatable bonds is 6. The Bertz CT molecular complexity index is 871. The maximum atomic E-state index is 12.0. The number of amides is 1. The molecule has 6 heteroatoms. The smallest absolute Gasteiger partial charge is 0.336 e. The van der Waals surface area contributed by atoms with Crippen molar-refractivity contribution >= 4 is 34.3 Å². The number of piperidine rings is 1. The van der Waals surface area contributed by atoms with Crippen molar-refractivity contribution in [2.45, 2.75) is 46.5 Å². The minimum atomic E-state index is -0.985. The first-order valence-electron chi connectivity index (χ1n) is 10.1. The maximum absolute atomic E-state index is 12.0. The second kappa shape index (κ2) is 8.59. The number of anilines is 2. The number of carboxylic acid groups (broad SMARTS) is 1. The summed E-state index contributed by atoms with van der Waals surface area (Å²) in [5.41, 5.74) is 1.45. The van der Waals surface area contributed by atoms with Crippen molar-refractivity contribution in [3.63, 3.8) is 0 Å². The molecule has 2 unspecified atom stereocenters. The lowest BCUT2D eigenvalue weighted by molar-refractivity contribution is -0.116. The lowest BCUT2D eigenvalue weighted by Crippen LogP contribution is -2.39. The highest BCUT2D eigenvalue weighted by molar-refractivity contribution is 6.05. The summed E-state index contributed by atoms with van der Waals surface area (Å²) < 4.78 is 0. The van der Waals surface area contributed by atoms with E-state index in [9.17, 15) is 14.7 Å². The van der Waals surface area contributed by atoms with Crippen molar-refractivity contribution in [3.8, 4) is 0 Å². The highest BCUT2D eigenvalue weighted by Gasteiger charge is 2.24. The second-order valence-corrected chi connectivity index (χ2v) is 8.07. The van der Waals surface area contributed by atoms with Gasteiger partial charge in [-0.25, -0.2) is 9.78 Å². The summed E-state index contributed by atoms with van der Waals surface area (Å²) in [4.78, 5) is 30.8. The number of carbonyl (C=O) groups is 2. The van der Waals surface area contributed by atoms with E-state index in [0.717, 1.165) is 25.9 Å². The van der Waals surface area contributed by atoms with E-state index in [1.807, 2.05) is 6.92 Å². The van der Waals surface area contributed by atoms with Gasteiger partial charge in [0.05, 0.1) is 11.1 Å². The molecule has 1 saturated heterocycles. The molecule has 1 aromatic carbocycles. The molecule has 0 aliphatic carbocycles. The molecule has 2 aromatic rings. The van der Waals surface area contributed by atoms with Gasteiger partial charge in [-0.05, 0) is 48.9 Å². The Labute approximate surface area is 165 Å². The summed E-state index contributed by atoms with van der Waals surface area (Å²) in [6, 6.07) is 6.95. The number of nitrogens with one attached hydrogen (secondary N) is 1. The predicted octanol–water partition coefficient (Wildman–Crippen LogP) is 4.54. The molecule has 6 nitrogen and oxygen atoms in total. The Morgan fingerprint density at radius 2 is 1.93 bits per heavy atom. The zero-order chi connectivity index (χ0) is 20.3. The van der Waals surface area contributed by atoms with Crippen LogP contribution in [0.25, 0.3) is 10.9 Å². The van der Waals surface area contributed by atoms with Gasteiger partial charge in [0.25, 0.3) is 0 Å². The summed E-state index contributed by atoms with van der Waals surface area (Å²) in [5.74, 6) is 0.772. The number of hydrogen-bond acceptors (Lipinski definition) is 4. The molecule has 150 valence electrons. The third-order valence-electron chi connectivity index (χ3n) is 5.26. The van der Waals surface area contributed by atoms with E-state index < -0.39 is 5.97 Å². The molecule has 1 aliphatic heterocycles. The Balaban J connectivity index is 1.94. The van der Waals surface area contributed by atoms with Crippen molar-refractivity contribution in [2.75, 3.05) is 23.3 Å². The van der Waals surface area contributed by atoms with Gasteiger partial charge < -0.3 is 15.3 Å². The topological polar surface area (TPSA) is 82.5 Å². The zero-order valence-electron chi connectivity index (χ0n) is 16.9. The van der Waals surface area contributed by atoms with Crippen LogP contribution in [0.2, 0.25) is 0 Å². The first kappa shape index (κ1) is 20.1. The number of aromatic nitrogens is 1. The maximum Gasteiger partial charge on any atom is 0.336 e. The molecule has 2 heterocycles. The van der Waals surface area contributed by atoms with E-state index in [-0.39, 0.29) is 11.5 Å². The summed E-state index contributed by atoms with van der Waals surface area (Å²) in [6.45, 7) is 8.24. The average molecular weight is 383 g/mol. The lowest BCUT2D eigenvalue weighted by atomic mass is 9.92. The SMILES string of the molecule is CCCCC(=O)Nc1ccc2nc(N3CC(C)CC(C)C3)cc(C(=O)O)c2c1. The van der Waals surface area contributed by atoms with Crippen LogP contribution in [0.4, 0.5) is 11.5 Å². The molecule has 0 spiro atoms. The summed E-state index contributed by atoms with van der Waals surface area (Å²) in [6.07, 6.45) is 3.42. The molecule has 0 saturated carbocycles. The van der Waals surface area contributed by atoms with Gasteiger partial charge in [-0.3, -0.25) is 4.79 Å². The summed E-state index contributed by atoms with van der Waals surface area (Å²) in [5, 5.41) is 13.2. The molecule has 0 bridgehead atoms. The highest BCUT2D eigenvalue weighted by Crippen LogP contribution is 2.30. The first-order chi connectivity index (χ1) is 13.4. The largest absolute Gasteiger partial charge is 0.478 e. The van der Waals surface area contributed by atoms with Crippen molar-refractivity contribution < 1.29 is 14.7 Å². The number of pyridine rings is 1. The molecule has 1 aliphatic rings. The van der Waals surface area contributed by atoms with Crippen molar-refractivity contribution in [2.24, 2.45) is 11.8 Å². The fourth-order valence-electron chi connectivity index (χ4n) is 4.04. The average Bonchev–Trinajstić information content (AvgIpc) is 2.64. The molecular weight excluding hydrogens is 354 g/mol. The van der Waals surface area contributed by atoms with Gasteiger partial charge in [-0.2, -0.15) is 0 Å². The van der Waals surface area contributed by atoms with Gasteiger partial charge >= 0.3 is 5.97 Å². The fraction of sp³-hybridized carbons (Fsp3) is 0.500. The van der Waals surface area contributed by atoms with E-state index in [1.54, 1.807) is 24.3 Å². The number of carboxylic acids is 1. The van der Waals surface area contributed by atoms with E-state index in [4.69, 9.17) is 4.98 Å².